The molecule has 0 radical (unpaired) electrons. The van der Waals surface area contributed by atoms with Crippen LogP contribution in [0.1, 0.15) is 28.5 Å². The minimum Gasteiger partial charge on any atom is -0.325 e. The van der Waals surface area contributed by atoms with Crippen molar-refractivity contribution in [2.24, 2.45) is 0 Å². The maximum absolute atomic E-state index is 12.3. The van der Waals surface area contributed by atoms with Gasteiger partial charge in [0.05, 0.1) is 5.92 Å². The van der Waals surface area contributed by atoms with Gasteiger partial charge >= 0.3 is 0 Å². The van der Waals surface area contributed by atoms with E-state index >= 15 is 0 Å². The van der Waals surface area contributed by atoms with Crippen LogP contribution in [0.15, 0.2) is 54.6 Å². The van der Waals surface area contributed by atoms with Crippen molar-refractivity contribution in [1.82, 2.24) is 0 Å². The van der Waals surface area contributed by atoms with Crippen molar-refractivity contribution in [1.29, 1.82) is 0 Å². The lowest BCUT2D eigenvalue weighted by Gasteiger charge is -2.17. The Bertz CT molecular complexity index is 702. The van der Waals surface area contributed by atoms with Crippen molar-refractivity contribution in [2.45, 2.75) is 11.8 Å². The summed E-state index contributed by atoms with van der Waals surface area (Å²) < 4.78 is 0. The van der Waals surface area contributed by atoms with Gasteiger partial charge in [-0.05, 0) is 22.8 Å². The molecule has 0 bridgehead atoms. The van der Waals surface area contributed by atoms with Crippen LogP contribution in [0.25, 0.3) is 6.08 Å². The van der Waals surface area contributed by atoms with E-state index in [0.717, 1.165) is 11.3 Å². The van der Waals surface area contributed by atoms with Gasteiger partial charge < -0.3 is 5.32 Å². The first-order valence-electron chi connectivity index (χ1n) is 6.51. The third-order valence-electron chi connectivity index (χ3n) is 4.03. The molecule has 0 saturated carbocycles. The first kappa shape index (κ1) is 10.6. The van der Waals surface area contributed by atoms with Gasteiger partial charge in [0.1, 0.15) is 0 Å². The molecule has 2 atom stereocenters. The van der Waals surface area contributed by atoms with Gasteiger partial charge in [-0.15, -0.1) is 0 Å². The average molecular weight is 247 g/mol. The lowest BCUT2D eigenvalue weighted by Crippen LogP contribution is -2.17. The largest absolute Gasteiger partial charge is 0.325 e. The fourth-order valence-corrected chi connectivity index (χ4v) is 3.16. The van der Waals surface area contributed by atoms with Crippen molar-refractivity contribution < 1.29 is 4.79 Å². The third kappa shape index (κ3) is 1.46. The van der Waals surface area contributed by atoms with Crippen LogP contribution in [0.4, 0.5) is 5.69 Å². The molecule has 2 unspecified atom stereocenters. The predicted octanol–water partition coefficient (Wildman–Crippen LogP) is 3.53. The summed E-state index contributed by atoms with van der Waals surface area (Å²) in [5.74, 6) is 0.156. The second-order valence-corrected chi connectivity index (χ2v) is 5.07. The molecule has 1 aliphatic heterocycles. The number of hydrogen-bond acceptors (Lipinski definition) is 1. The smallest absolute Gasteiger partial charge is 0.232 e. The summed E-state index contributed by atoms with van der Waals surface area (Å²) in [6.45, 7) is 0. The molecule has 2 nitrogen and oxygen atoms in total. The van der Waals surface area contributed by atoms with Crippen LogP contribution in [0.2, 0.25) is 0 Å². The maximum atomic E-state index is 12.3. The van der Waals surface area contributed by atoms with Crippen LogP contribution in [-0.2, 0) is 4.79 Å². The molecule has 2 aliphatic rings. The fraction of sp³-hybridized carbons (Fsp3) is 0.118. The molecule has 4 rings (SSSR count). The van der Waals surface area contributed by atoms with E-state index < -0.39 is 0 Å². The van der Waals surface area contributed by atoms with E-state index in [4.69, 9.17) is 0 Å². The number of benzene rings is 2. The summed E-state index contributed by atoms with van der Waals surface area (Å²) in [6.07, 6.45) is 4.27. The highest BCUT2D eigenvalue weighted by Gasteiger charge is 2.38. The van der Waals surface area contributed by atoms with Gasteiger partial charge in [0.15, 0.2) is 0 Å². The third-order valence-corrected chi connectivity index (χ3v) is 4.03. The van der Waals surface area contributed by atoms with E-state index in [0.29, 0.717) is 0 Å². The number of amides is 1. The highest BCUT2D eigenvalue weighted by molar-refractivity contribution is 6.04. The molecule has 0 spiro atoms. The summed E-state index contributed by atoms with van der Waals surface area (Å²) in [6, 6.07) is 16.3. The first-order chi connectivity index (χ1) is 9.34. The van der Waals surface area contributed by atoms with E-state index in [1.807, 2.05) is 36.4 Å². The van der Waals surface area contributed by atoms with Crippen molar-refractivity contribution in [2.75, 3.05) is 5.32 Å². The Morgan fingerprint density at radius 2 is 1.63 bits per heavy atom. The highest BCUT2D eigenvalue weighted by atomic mass is 16.2. The zero-order valence-electron chi connectivity index (χ0n) is 10.3. The van der Waals surface area contributed by atoms with Gasteiger partial charge in [-0.2, -0.15) is 0 Å². The van der Waals surface area contributed by atoms with Gasteiger partial charge in [-0.1, -0.05) is 54.6 Å². The summed E-state index contributed by atoms with van der Waals surface area (Å²) >= 11 is 0. The number of anilines is 1. The molecule has 0 saturated heterocycles. The van der Waals surface area contributed by atoms with Crippen molar-refractivity contribution in [3.63, 3.8) is 0 Å². The Kier molecular flexibility index (Phi) is 2.12. The number of rotatable bonds is 1. The molecule has 2 heteroatoms. The second-order valence-electron chi connectivity index (χ2n) is 5.07. The molecular weight excluding hydrogens is 234 g/mol. The lowest BCUT2D eigenvalue weighted by atomic mass is 9.83. The predicted molar refractivity (Wildman–Crippen MR) is 76.0 cm³/mol. The van der Waals surface area contributed by atoms with Crippen LogP contribution in [0, 0.1) is 0 Å². The molecule has 0 aromatic heterocycles. The second kappa shape index (κ2) is 3.82. The zero-order valence-corrected chi connectivity index (χ0v) is 10.3. The van der Waals surface area contributed by atoms with Crippen LogP contribution in [0.5, 0.6) is 0 Å². The molecule has 2 aromatic carbocycles. The summed E-state index contributed by atoms with van der Waals surface area (Å²) in [7, 11) is 0. The highest BCUT2D eigenvalue weighted by Crippen LogP contribution is 2.45. The van der Waals surface area contributed by atoms with Gasteiger partial charge in [-0.25, -0.2) is 0 Å². The topological polar surface area (TPSA) is 29.1 Å². The van der Waals surface area contributed by atoms with Gasteiger partial charge in [-0.3, -0.25) is 4.79 Å². The number of carbonyl (C=O) groups is 1. The monoisotopic (exact) mass is 247 g/mol. The normalized spacial score (nSPS) is 23.1. The Morgan fingerprint density at radius 1 is 0.895 bits per heavy atom. The Morgan fingerprint density at radius 3 is 2.53 bits per heavy atom. The molecule has 19 heavy (non-hydrogen) atoms. The number of hydrogen-bond donors (Lipinski definition) is 1. The van der Waals surface area contributed by atoms with Crippen LogP contribution >= 0.6 is 0 Å². The van der Waals surface area contributed by atoms with Crippen LogP contribution < -0.4 is 5.32 Å². The quantitative estimate of drug-likeness (QED) is 0.820. The standard InChI is InChI=1S/C17H13NO/c19-17-16(14-7-3-4-8-15(14)18-17)13-10-9-11-5-1-2-6-12(11)13/h1-10,13,16H,(H,18,19). The molecule has 1 aliphatic carbocycles. The SMILES string of the molecule is O=C1Nc2ccccc2C1C1C=Cc2ccccc21. The fourth-order valence-electron chi connectivity index (χ4n) is 3.16. The molecule has 2 aromatic rings. The lowest BCUT2D eigenvalue weighted by molar-refractivity contribution is -0.117. The van der Waals surface area contributed by atoms with E-state index in [1.54, 1.807) is 0 Å². The van der Waals surface area contributed by atoms with E-state index in [9.17, 15) is 4.79 Å². The zero-order chi connectivity index (χ0) is 12.8. The molecule has 1 heterocycles. The molecule has 1 N–H and O–H groups in total. The minimum atomic E-state index is -0.101. The average Bonchev–Trinajstić information content (AvgIpc) is 2.98. The number of fused-ring (bicyclic) bond motifs is 2. The summed E-state index contributed by atoms with van der Waals surface area (Å²) in [5.41, 5.74) is 4.54. The van der Waals surface area contributed by atoms with Crippen molar-refractivity contribution in [3.8, 4) is 0 Å². The number of para-hydroxylation sites is 1. The van der Waals surface area contributed by atoms with Gasteiger partial charge in [0, 0.05) is 11.6 Å². The van der Waals surface area contributed by atoms with E-state index in [-0.39, 0.29) is 17.7 Å². The molecule has 1 amide bonds. The molecule has 0 fully saturated rings. The number of allylic oxidation sites excluding steroid dienone is 1. The molecule has 92 valence electrons. The Balaban J connectivity index is 1.83. The number of nitrogens with one attached hydrogen (secondary N) is 1. The van der Waals surface area contributed by atoms with Gasteiger partial charge in [0.2, 0.25) is 5.91 Å². The van der Waals surface area contributed by atoms with E-state index in [1.165, 1.54) is 11.1 Å². The van der Waals surface area contributed by atoms with E-state index in [2.05, 4.69) is 29.6 Å². The van der Waals surface area contributed by atoms with Gasteiger partial charge in [0.25, 0.3) is 0 Å². The van der Waals surface area contributed by atoms with Crippen molar-refractivity contribution >= 4 is 17.7 Å². The summed E-state index contributed by atoms with van der Waals surface area (Å²) in [4.78, 5) is 12.3. The first-order valence-corrected chi connectivity index (χ1v) is 6.51. The Hall–Kier alpha value is -2.35. The van der Waals surface area contributed by atoms with Crippen molar-refractivity contribution in [3.05, 3.63) is 71.3 Å². The van der Waals surface area contributed by atoms with Crippen LogP contribution in [-0.4, -0.2) is 5.91 Å². The minimum absolute atomic E-state index is 0.101. The molecular formula is C17H13NO. The van der Waals surface area contributed by atoms with Crippen LogP contribution in [0.3, 0.4) is 0 Å². The summed E-state index contributed by atoms with van der Waals surface area (Å²) in [5, 5.41) is 2.98. The number of carbonyl (C=O) groups excluding carboxylic acids is 1. The maximum Gasteiger partial charge on any atom is 0.232 e. The Labute approximate surface area is 111 Å².